The maximum absolute atomic E-state index is 4.54. The maximum Gasteiger partial charge on any atom is 0.134 e. The Hall–Kier alpha value is -4.05. The van der Waals surface area contributed by atoms with Crippen molar-refractivity contribution in [2.45, 2.75) is 90.1 Å². The number of hydrogen-bond donors (Lipinski definition) is 0. The van der Waals surface area contributed by atoms with Crippen molar-refractivity contribution in [1.29, 1.82) is 0 Å². The number of benzene rings is 2. The summed E-state index contributed by atoms with van der Waals surface area (Å²) >= 11 is 0. The molecule has 0 N–H and O–H groups in total. The van der Waals surface area contributed by atoms with Gasteiger partial charge in [0.05, 0.1) is 22.6 Å². The summed E-state index contributed by atoms with van der Waals surface area (Å²) in [5, 5.41) is 4.54. The minimum Gasteiger partial charge on any atom is -0.270 e. The fourth-order valence-corrected chi connectivity index (χ4v) is 3.77. The van der Waals surface area contributed by atoms with Gasteiger partial charge in [-0.15, -0.1) is 0 Å². The zero-order valence-electron chi connectivity index (χ0n) is 26.2. The van der Waals surface area contributed by atoms with E-state index in [0.29, 0.717) is 0 Å². The Morgan fingerprint density at radius 3 is 1.71 bits per heavy atom. The third-order valence-electron chi connectivity index (χ3n) is 5.43. The Kier molecular flexibility index (Phi) is 21.6. The number of nitrogens with zero attached hydrogens (tertiary/aromatic N) is 4. The van der Waals surface area contributed by atoms with Crippen LogP contribution in [0.3, 0.4) is 0 Å². The second-order valence-corrected chi connectivity index (χ2v) is 8.01. The highest BCUT2D eigenvalue weighted by molar-refractivity contribution is 6.13. The summed E-state index contributed by atoms with van der Waals surface area (Å²) in [6, 6.07) is 31.2. The maximum atomic E-state index is 4.54. The van der Waals surface area contributed by atoms with Crippen LogP contribution in [0.4, 0.5) is 0 Å². The lowest BCUT2D eigenvalue weighted by Crippen LogP contribution is -1.95. The molecule has 0 aliphatic carbocycles. The Morgan fingerprint density at radius 2 is 1.17 bits per heavy atom. The number of aromatic nitrogens is 3. The Balaban J connectivity index is 0. The zero-order valence-corrected chi connectivity index (χ0v) is 26.2. The van der Waals surface area contributed by atoms with Crippen LogP contribution in [0.25, 0.3) is 16.8 Å². The summed E-state index contributed by atoms with van der Waals surface area (Å²) in [7, 11) is 0. The predicted octanol–water partition coefficient (Wildman–Crippen LogP) is 11.6. The molecule has 1 aliphatic heterocycles. The molecule has 1 aliphatic rings. The van der Waals surface area contributed by atoms with Gasteiger partial charge in [-0.1, -0.05) is 136 Å². The minimum atomic E-state index is 0. The lowest BCUT2D eigenvalue weighted by atomic mass is 10.1. The van der Waals surface area contributed by atoms with Gasteiger partial charge >= 0.3 is 0 Å². The first-order valence-corrected chi connectivity index (χ1v) is 14.7. The van der Waals surface area contributed by atoms with Gasteiger partial charge < -0.3 is 0 Å². The van der Waals surface area contributed by atoms with Crippen LogP contribution in [-0.4, -0.2) is 20.3 Å². The van der Waals surface area contributed by atoms with Gasteiger partial charge in [-0.25, -0.2) is 4.52 Å². The van der Waals surface area contributed by atoms with Crippen molar-refractivity contribution in [3.8, 4) is 11.3 Å². The van der Waals surface area contributed by atoms with E-state index in [9.17, 15) is 0 Å². The van der Waals surface area contributed by atoms with E-state index in [0.717, 1.165) is 22.6 Å². The second kappa shape index (κ2) is 22.6. The zero-order chi connectivity index (χ0) is 29.9. The van der Waals surface area contributed by atoms with E-state index in [1.165, 1.54) is 22.3 Å². The number of hydrogen-bond acceptors (Lipinski definition) is 3. The highest BCUT2D eigenvalue weighted by Gasteiger charge is 2.31. The molecule has 42 heavy (non-hydrogen) atoms. The molecule has 1 unspecified atom stereocenters. The molecule has 0 spiro atoms. The number of pyridine rings is 2. The average Bonchev–Trinajstić information content (AvgIpc) is 3.72. The molecule has 0 fully saturated rings. The molecule has 1 atom stereocenters. The molecule has 4 nitrogen and oxygen atoms in total. The van der Waals surface area contributed by atoms with Gasteiger partial charge in [0, 0.05) is 18.0 Å². The van der Waals surface area contributed by atoms with Crippen molar-refractivity contribution < 1.29 is 0 Å². The average molecular weight is 569 g/mol. The molecule has 4 heteroatoms. The highest BCUT2D eigenvalue weighted by atomic mass is 15.2. The SMILES string of the molecule is C.C.CC.CC.CC.CC.Cc1cccc(-c2cc3ccccn3n2)c1.Cc1cccc(C2=NC2c2ccccn2)c1. The van der Waals surface area contributed by atoms with Gasteiger partial charge in [0.1, 0.15) is 6.04 Å². The summed E-state index contributed by atoms with van der Waals surface area (Å²) in [5.74, 6) is 0. The lowest BCUT2D eigenvalue weighted by molar-refractivity contribution is 0.965. The number of rotatable bonds is 3. The normalized spacial score (nSPS) is 11.6. The molecule has 0 saturated carbocycles. The van der Waals surface area contributed by atoms with Crippen LogP contribution in [0, 0.1) is 13.8 Å². The van der Waals surface area contributed by atoms with Crippen LogP contribution >= 0.6 is 0 Å². The van der Waals surface area contributed by atoms with Crippen LogP contribution in [0.1, 0.15) is 98.7 Å². The Morgan fingerprint density at radius 1 is 0.595 bits per heavy atom. The largest absolute Gasteiger partial charge is 0.270 e. The molecule has 0 bridgehead atoms. The fraction of sp³-hybridized carbons (Fsp3) is 0.342. The smallest absolute Gasteiger partial charge is 0.134 e. The molecule has 228 valence electrons. The topological polar surface area (TPSA) is 42.5 Å². The summed E-state index contributed by atoms with van der Waals surface area (Å²) in [6.07, 6.45) is 3.78. The molecule has 0 amide bonds. The summed E-state index contributed by atoms with van der Waals surface area (Å²) in [5.41, 5.74) is 9.26. The molecule has 0 saturated heterocycles. The molecule has 0 radical (unpaired) electrons. The molecule has 3 aromatic heterocycles. The number of aryl methyl sites for hydroxylation is 2. The van der Waals surface area contributed by atoms with Gasteiger partial charge in [-0.05, 0) is 55.8 Å². The molecular formula is C38H56N4. The van der Waals surface area contributed by atoms with Gasteiger partial charge in [-0.3, -0.25) is 9.98 Å². The van der Waals surface area contributed by atoms with E-state index in [-0.39, 0.29) is 20.9 Å². The third-order valence-corrected chi connectivity index (χ3v) is 5.43. The lowest BCUT2D eigenvalue weighted by Gasteiger charge is -1.98. The van der Waals surface area contributed by atoms with Gasteiger partial charge in [0.15, 0.2) is 0 Å². The van der Waals surface area contributed by atoms with E-state index in [2.05, 4.69) is 89.6 Å². The first-order chi connectivity index (χ1) is 19.7. The van der Waals surface area contributed by atoms with E-state index in [1.807, 2.05) is 103 Å². The van der Waals surface area contributed by atoms with Gasteiger partial charge in [0.2, 0.25) is 0 Å². The molecule has 4 heterocycles. The van der Waals surface area contributed by atoms with Crippen molar-refractivity contribution >= 4 is 11.2 Å². The van der Waals surface area contributed by atoms with Crippen molar-refractivity contribution in [2.24, 2.45) is 4.99 Å². The molecule has 6 rings (SSSR count). The summed E-state index contributed by atoms with van der Waals surface area (Å²) < 4.78 is 1.90. The van der Waals surface area contributed by atoms with Crippen molar-refractivity contribution in [2.75, 3.05) is 0 Å². The molecular weight excluding hydrogens is 512 g/mol. The minimum absolute atomic E-state index is 0. The van der Waals surface area contributed by atoms with Crippen molar-refractivity contribution in [3.05, 3.63) is 126 Å². The highest BCUT2D eigenvalue weighted by Crippen LogP contribution is 2.33. The van der Waals surface area contributed by atoms with Crippen molar-refractivity contribution in [1.82, 2.24) is 14.6 Å². The predicted molar refractivity (Wildman–Crippen MR) is 189 cm³/mol. The van der Waals surface area contributed by atoms with E-state index < -0.39 is 0 Å². The Bertz CT molecular complexity index is 1370. The van der Waals surface area contributed by atoms with Crippen molar-refractivity contribution in [3.63, 3.8) is 0 Å². The van der Waals surface area contributed by atoms with Gasteiger partial charge in [0.25, 0.3) is 0 Å². The van der Waals surface area contributed by atoms with Crippen LogP contribution in [-0.2, 0) is 0 Å². The molecule has 2 aromatic carbocycles. The summed E-state index contributed by atoms with van der Waals surface area (Å²) in [6.45, 7) is 20.2. The Labute approximate surface area is 257 Å². The third kappa shape index (κ3) is 11.8. The molecule has 5 aromatic rings. The van der Waals surface area contributed by atoms with E-state index in [4.69, 9.17) is 0 Å². The fourth-order valence-electron chi connectivity index (χ4n) is 3.77. The van der Waals surface area contributed by atoms with Crippen LogP contribution in [0.15, 0.2) is 108 Å². The second-order valence-electron chi connectivity index (χ2n) is 8.01. The monoisotopic (exact) mass is 568 g/mol. The standard InChI is InChI=1S/2C14H12N2.4C2H6.2CH4/c1-11-5-4-6-12(9-11)14-10-13-7-2-3-8-16(13)15-14;1-10-5-4-6-11(9-10)13-14(16-13)12-7-2-3-8-15-12;4*1-2;;/h2-10H,1H3;2-9,14H,1H3;4*1-2H3;2*1H4. The van der Waals surface area contributed by atoms with E-state index >= 15 is 0 Å². The van der Waals surface area contributed by atoms with E-state index in [1.54, 1.807) is 0 Å². The summed E-state index contributed by atoms with van der Waals surface area (Å²) in [4.78, 5) is 8.81. The first kappa shape index (κ1) is 40.1. The number of fused-ring (bicyclic) bond motifs is 1. The van der Waals surface area contributed by atoms with Crippen LogP contribution in [0.2, 0.25) is 0 Å². The first-order valence-electron chi connectivity index (χ1n) is 14.7. The number of aliphatic imine (C=N–C) groups is 1. The van der Waals surface area contributed by atoms with Gasteiger partial charge in [-0.2, -0.15) is 5.10 Å². The quantitative estimate of drug-likeness (QED) is 0.217. The van der Waals surface area contributed by atoms with Crippen LogP contribution < -0.4 is 0 Å². The van der Waals surface area contributed by atoms with Crippen LogP contribution in [0.5, 0.6) is 0 Å².